The fourth-order valence-electron chi connectivity index (χ4n) is 2.55. The first-order valence-corrected chi connectivity index (χ1v) is 6.39. The van der Waals surface area contributed by atoms with Crippen LogP contribution in [0.1, 0.15) is 24.0 Å². The summed E-state index contributed by atoms with van der Waals surface area (Å²) in [5.41, 5.74) is 3.72. The highest BCUT2D eigenvalue weighted by Crippen LogP contribution is 2.27. The average Bonchev–Trinajstić information content (AvgIpc) is 2.78. The third-order valence-electron chi connectivity index (χ3n) is 3.55. The molecule has 1 fully saturated rings. The molecular weight excluding hydrogens is 208 g/mol. The van der Waals surface area contributed by atoms with Gasteiger partial charge in [-0.15, -0.1) is 0 Å². The lowest BCUT2D eigenvalue weighted by atomic mass is 10.1. The highest BCUT2D eigenvalue weighted by Gasteiger charge is 2.25. The van der Waals surface area contributed by atoms with Crippen LogP contribution in [-0.2, 0) is 0 Å². The summed E-state index contributed by atoms with van der Waals surface area (Å²) in [5, 5.41) is 3.27. The van der Waals surface area contributed by atoms with Gasteiger partial charge in [0.2, 0.25) is 0 Å². The van der Waals surface area contributed by atoms with Crippen molar-refractivity contribution in [2.24, 2.45) is 0 Å². The second kappa shape index (κ2) is 5.37. The Morgan fingerprint density at radius 1 is 1.41 bits per heavy atom. The van der Waals surface area contributed by atoms with Gasteiger partial charge in [-0.1, -0.05) is 36.4 Å². The second-order valence-corrected chi connectivity index (χ2v) is 4.86. The molecule has 0 spiro atoms. The number of hydrogen-bond acceptors (Lipinski definition) is 2. The van der Waals surface area contributed by atoms with Gasteiger partial charge in [-0.05, 0) is 32.4 Å². The molecule has 1 saturated heterocycles. The van der Waals surface area contributed by atoms with Gasteiger partial charge >= 0.3 is 0 Å². The van der Waals surface area contributed by atoms with Crippen LogP contribution in [0.25, 0.3) is 5.70 Å². The van der Waals surface area contributed by atoms with Gasteiger partial charge in [-0.2, -0.15) is 0 Å². The summed E-state index contributed by atoms with van der Waals surface area (Å²) in [6, 6.07) is 9.26. The van der Waals surface area contributed by atoms with Crippen molar-refractivity contribution in [3.8, 4) is 0 Å². The Balaban J connectivity index is 2.11. The predicted molar refractivity (Wildman–Crippen MR) is 73.9 cm³/mol. The first-order chi connectivity index (χ1) is 8.22. The molecule has 0 radical (unpaired) electrons. The second-order valence-electron chi connectivity index (χ2n) is 4.86. The van der Waals surface area contributed by atoms with Crippen LogP contribution < -0.4 is 5.32 Å². The van der Waals surface area contributed by atoms with Crippen LogP contribution in [0.3, 0.4) is 0 Å². The summed E-state index contributed by atoms with van der Waals surface area (Å²) >= 11 is 0. The number of rotatable bonds is 4. The van der Waals surface area contributed by atoms with E-state index in [0.717, 1.165) is 13.1 Å². The Bertz CT molecular complexity index is 380. The normalized spacial score (nSPS) is 19.6. The van der Waals surface area contributed by atoms with E-state index in [0.29, 0.717) is 6.04 Å². The van der Waals surface area contributed by atoms with E-state index in [1.165, 1.54) is 29.7 Å². The smallest absolute Gasteiger partial charge is 0.0415 e. The first-order valence-electron chi connectivity index (χ1n) is 6.39. The molecule has 92 valence electrons. The molecule has 0 aliphatic carbocycles. The third-order valence-corrected chi connectivity index (χ3v) is 3.55. The molecule has 1 heterocycles. The summed E-state index contributed by atoms with van der Waals surface area (Å²) in [7, 11) is 2.02. The van der Waals surface area contributed by atoms with E-state index in [1.54, 1.807) is 0 Å². The zero-order valence-corrected chi connectivity index (χ0v) is 10.9. The predicted octanol–water partition coefficient (Wildman–Crippen LogP) is 2.65. The Labute approximate surface area is 104 Å². The number of benzene rings is 1. The lowest BCUT2D eigenvalue weighted by Gasteiger charge is -2.28. The van der Waals surface area contributed by atoms with Crippen molar-refractivity contribution in [1.82, 2.24) is 10.2 Å². The van der Waals surface area contributed by atoms with Crippen molar-refractivity contribution in [1.29, 1.82) is 0 Å². The molecular formula is C15H22N2. The van der Waals surface area contributed by atoms with Crippen LogP contribution in [0.4, 0.5) is 0 Å². The van der Waals surface area contributed by atoms with Crippen LogP contribution in [0.15, 0.2) is 30.8 Å². The minimum absolute atomic E-state index is 0.605. The van der Waals surface area contributed by atoms with E-state index < -0.39 is 0 Å². The van der Waals surface area contributed by atoms with E-state index in [9.17, 15) is 0 Å². The van der Waals surface area contributed by atoms with Gasteiger partial charge in [-0.3, -0.25) is 0 Å². The zero-order valence-electron chi connectivity index (χ0n) is 10.9. The fourth-order valence-corrected chi connectivity index (χ4v) is 2.55. The number of aryl methyl sites for hydroxylation is 1. The molecule has 1 aliphatic heterocycles. The van der Waals surface area contributed by atoms with Crippen molar-refractivity contribution in [2.45, 2.75) is 25.8 Å². The number of likely N-dealkylation sites (tertiary alicyclic amines) is 1. The molecule has 2 nitrogen and oxygen atoms in total. The van der Waals surface area contributed by atoms with Gasteiger partial charge in [0.05, 0.1) is 0 Å². The summed E-state index contributed by atoms with van der Waals surface area (Å²) in [6.07, 6.45) is 2.54. The molecule has 17 heavy (non-hydrogen) atoms. The molecule has 1 unspecified atom stereocenters. The van der Waals surface area contributed by atoms with Crippen LogP contribution >= 0.6 is 0 Å². The van der Waals surface area contributed by atoms with Crippen molar-refractivity contribution < 1.29 is 0 Å². The number of nitrogens with one attached hydrogen (secondary N) is 1. The molecule has 0 saturated carbocycles. The fraction of sp³-hybridized carbons (Fsp3) is 0.467. The standard InChI is InChI=1S/C15H22N2/c1-12-6-8-14(9-7-12)13(2)17-10-4-5-15(17)11-16-3/h6-9,15-16H,2,4-5,10-11H2,1,3H3. The summed E-state index contributed by atoms with van der Waals surface area (Å²) < 4.78 is 0. The quantitative estimate of drug-likeness (QED) is 0.855. The topological polar surface area (TPSA) is 15.3 Å². The van der Waals surface area contributed by atoms with Crippen molar-refractivity contribution in [3.05, 3.63) is 42.0 Å². The van der Waals surface area contributed by atoms with Crippen molar-refractivity contribution >= 4 is 5.70 Å². The van der Waals surface area contributed by atoms with Gasteiger partial charge in [0.15, 0.2) is 0 Å². The van der Waals surface area contributed by atoms with Crippen LogP contribution in [0, 0.1) is 6.92 Å². The summed E-state index contributed by atoms with van der Waals surface area (Å²) in [5.74, 6) is 0. The maximum absolute atomic E-state index is 4.27. The van der Waals surface area contributed by atoms with Gasteiger partial charge in [0, 0.05) is 24.8 Å². The highest BCUT2D eigenvalue weighted by molar-refractivity contribution is 5.62. The molecule has 0 bridgehead atoms. The van der Waals surface area contributed by atoms with E-state index in [4.69, 9.17) is 0 Å². The van der Waals surface area contributed by atoms with E-state index in [2.05, 4.69) is 48.0 Å². The van der Waals surface area contributed by atoms with E-state index in [1.807, 2.05) is 7.05 Å². The van der Waals surface area contributed by atoms with E-state index >= 15 is 0 Å². The Morgan fingerprint density at radius 3 is 2.76 bits per heavy atom. The zero-order chi connectivity index (χ0) is 12.3. The largest absolute Gasteiger partial charge is 0.367 e. The summed E-state index contributed by atoms with van der Waals surface area (Å²) in [4.78, 5) is 2.45. The molecule has 0 amide bonds. The molecule has 1 aliphatic rings. The van der Waals surface area contributed by atoms with Gasteiger partial charge in [0.1, 0.15) is 0 Å². The van der Waals surface area contributed by atoms with Gasteiger partial charge in [0.25, 0.3) is 0 Å². The summed E-state index contributed by atoms with van der Waals surface area (Å²) in [6.45, 7) is 8.57. The molecule has 1 atom stereocenters. The lowest BCUT2D eigenvalue weighted by Crippen LogP contribution is -2.35. The molecule has 1 N–H and O–H groups in total. The average molecular weight is 230 g/mol. The van der Waals surface area contributed by atoms with E-state index in [-0.39, 0.29) is 0 Å². The molecule has 2 rings (SSSR count). The lowest BCUT2D eigenvalue weighted by molar-refractivity contribution is 0.361. The highest BCUT2D eigenvalue weighted by atomic mass is 15.2. The third kappa shape index (κ3) is 2.70. The van der Waals surface area contributed by atoms with Crippen molar-refractivity contribution in [3.63, 3.8) is 0 Å². The number of likely N-dealkylation sites (N-methyl/N-ethyl adjacent to an activating group) is 1. The Hall–Kier alpha value is -1.28. The minimum Gasteiger partial charge on any atom is -0.367 e. The maximum atomic E-state index is 4.27. The maximum Gasteiger partial charge on any atom is 0.0415 e. The first kappa shape index (κ1) is 12.2. The van der Waals surface area contributed by atoms with Crippen LogP contribution in [-0.4, -0.2) is 31.1 Å². The SMILES string of the molecule is C=C(c1ccc(C)cc1)N1CCCC1CNC. The minimum atomic E-state index is 0.605. The number of hydrogen-bond donors (Lipinski definition) is 1. The molecule has 2 heteroatoms. The Kier molecular flexibility index (Phi) is 3.85. The number of nitrogens with zero attached hydrogens (tertiary/aromatic N) is 1. The Morgan fingerprint density at radius 2 is 2.12 bits per heavy atom. The monoisotopic (exact) mass is 230 g/mol. The van der Waals surface area contributed by atoms with Gasteiger partial charge in [-0.25, -0.2) is 0 Å². The van der Waals surface area contributed by atoms with Crippen molar-refractivity contribution in [2.75, 3.05) is 20.1 Å². The van der Waals surface area contributed by atoms with Gasteiger partial charge < -0.3 is 10.2 Å². The molecule has 0 aromatic heterocycles. The molecule has 1 aromatic carbocycles. The molecule has 1 aromatic rings. The van der Waals surface area contributed by atoms with Crippen LogP contribution in [0.5, 0.6) is 0 Å². The van der Waals surface area contributed by atoms with Crippen LogP contribution in [0.2, 0.25) is 0 Å².